The number of anilines is 1. The third-order valence-electron chi connectivity index (χ3n) is 2.73. The number of aromatic nitrogens is 2. The van der Waals surface area contributed by atoms with Crippen LogP contribution in [-0.2, 0) is 0 Å². The second-order valence-electron chi connectivity index (χ2n) is 4.05. The summed E-state index contributed by atoms with van der Waals surface area (Å²) in [5, 5.41) is 3.36. The summed E-state index contributed by atoms with van der Waals surface area (Å²) in [5.41, 5.74) is 1.24. The van der Waals surface area contributed by atoms with E-state index in [1.807, 2.05) is 30.3 Å². The van der Waals surface area contributed by atoms with E-state index < -0.39 is 0 Å². The zero-order valence-electron chi connectivity index (χ0n) is 10.3. The molecular formula is C15H17N3. The first kappa shape index (κ1) is 12.3. The Kier molecular flexibility index (Phi) is 4.47. The number of nitrogens with one attached hydrogen (secondary N) is 1. The van der Waals surface area contributed by atoms with E-state index in [2.05, 4.69) is 34.0 Å². The van der Waals surface area contributed by atoms with Crippen molar-refractivity contribution >= 4 is 5.95 Å². The van der Waals surface area contributed by atoms with Gasteiger partial charge in [-0.25, -0.2) is 9.97 Å². The summed E-state index contributed by atoms with van der Waals surface area (Å²) in [7, 11) is 0. The molecule has 1 N–H and O–H groups in total. The van der Waals surface area contributed by atoms with Gasteiger partial charge in [0.05, 0.1) is 6.04 Å². The van der Waals surface area contributed by atoms with Crippen molar-refractivity contribution < 1.29 is 0 Å². The molecular weight excluding hydrogens is 222 g/mol. The summed E-state index contributed by atoms with van der Waals surface area (Å²) in [6, 6.07) is 12.4. The zero-order valence-corrected chi connectivity index (χ0v) is 10.3. The van der Waals surface area contributed by atoms with E-state index >= 15 is 0 Å². The Bertz CT molecular complexity index is 468. The van der Waals surface area contributed by atoms with E-state index in [9.17, 15) is 0 Å². The maximum Gasteiger partial charge on any atom is 0.223 e. The first-order chi connectivity index (χ1) is 8.90. The van der Waals surface area contributed by atoms with Crippen molar-refractivity contribution in [2.45, 2.75) is 18.9 Å². The molecule has 0 aliphatic carbocycles. The predicted octanol–water partition coefficient (Wildman–Crippen LogP) is 3.60. The van der Waals surface area contributed by atoms with Crippen LogP contribution in [0.25, 0.3) is 0 Å². The second-order valence-corrected chi connectivity index (χ2v) is 4.05. The maximum absolute atomic E-state index is 4.20. The largest absolute Gasteiger partial charge is 0.347 e. The lowest BCUT2D eigenvalue weighted by Crippen LogP contribution is -2.12. The van der Waals surface area contributed by atoms with Crippen molar-refractivity contribution in [1.82, 2.24) is 9.97 Å². The third kappa shape index (κ3) is 3.42. The lowest BCUT2D eigenvalue weighted by atomic mass is 10.0. The molecule has 0 fully saturated rings. The average molecular weight is 239 g/mol. The van der Waals surface area contributed by atoms with Crippen LogP contribution in [0.3, 0.4) is 0 Å². The van der Waals surface area contributed by atoms with Crippen molar-refractivity contribution in [1.29, 1.82) is 0 Å². The number of nitrogens with zero attached hydrogens (tertiary/aromatic N) is 2. The summed E-state index contributed by atoms with van der Waals surface area (Å²) < 4.78 is 0. The molecule has 3 nitrogen and oxygen atoms in total. The van der Waals surface area contributed by atoms with E-state index in [0.29, 0.717) is 5.95 Å². The molecule has 3 heteroatoms. The number of benzene rings is 1. The van der Waals surface area contributed by atoms with E-state index in [0.717, 1.165) is 12.8 Å². The highest BCUT2D eigenvalue weighted by Gasteiger charge is 2.10. The molecule has 0 saturated heterocycles. The van der Waals surface area contributed by atoms with Crippen LogP contribution in [0.2, 0.25) is 0 Å². The minimum atomic E-state index is 0.214. The topological polar surface area (TPSA) is 37.8 Å². The molecule has 1 atom stereocenters. The van der Waals surface area contributed by atoms with Gasteiger partial charge in [-0.2, -0.15) is 0 Å². The van der Waals surface area contributed by atoms with E-state index in [-0.39, 0.29) is 6.04 Å². The Labute approximate surface area is 108 Å². The van der Waals surface area contributed by atoms with Crippen LogP contribution >= 0.6 is 0 Å². The molecule has 0 radical (unpaired) electrons. The van der Waals surface area contributed by atoms with Crippen LogP contribution in [0.1, 0.15) is 24.4 Å². The van der Waals surface area contributed by atoms with Gasteiger partial charge in [0.25, 0.3) is 0 Å². The molecule has 0 amide bonds. The van der Waals surface area contributed by atoms with Gasteiger partial charge >= 0.3 is 0 Å². The minimum absolute atomic E-state index is 0.214. The second kappa shape index (κ2) is 6.55. The molecule has 0 bridgehead atoms. The summed E-state index contributed by atoms with van der Waals surface area (Å²) in [6.07, 6.45) is 7.35. The Morgan fingerprint density at radius 2 is 1.83 bits per heavy atom. The molecule has 2 rings (SSSR count). The van der Waals surface area contributed by atoms with E-state index in [1.54, 1.807) is 12.4 Å². The first-order valence-electron chi connectivity index (χ1n) is 6.09. The fourth-order valence-electron chi connectivity index (χ4n) is 1.82. The van der Waals surface area contributed by atoms with Crippen LogP contribution in [0, 0.1) is 0 Å². The van der Waals surface area contributed by atoms with Gasteiger partial charge in [-0.05, 0) is 24.5 Å². The lowest BCUT2D eigenvalue weighted by Gasteiger charge is -2.18. The Hall–Kier alpha value is -2.16. The molecule has 2 aromatic rings. The van der Waals surface area contributed by atoms with Gasteiger partial charge in [0, 0.05) is 12.4 Å². The van der Waals surface area contributed by atoms with Crippen molar-refractivity contribution in [3.8, 4) is 0 Å². The van der Waals surface area contributed by atoms with Crippen molar-refractivity contribution in [3.63, 3.8) is 0 Å². The monoisotopic (exact) mass is 239 g/mol. The highest BCUT2D eigenvalue weighted by Crippen LogP contribution is 2.21. The van der Waals surface area contributed by atoms with Gasteiger partial charge in [0.1, 0.15) is 0 Å². The Morgan fingerprint density at radius 1 is 1.11 bits per heavy atom. The van der Waals surface area contributed by atoms with Crippen molar-refractivity contribution in [2.75, 3.05) is 5.32 Å². The predicted molar refractivity (Wildman–Crippen MR) is 74.3 cm³/mol. The molecule has 0 aliphatic rings. The van der Waals surface area contributed by atoms with Crippen LogP contribution in [0.5, 0.6) is 0 Å². The molecule has 18 heavy (non-hydrogen) atoms. The molecule has 0 saturated carbocycles. The maximum atomic E-state index is 4.20. The molecule has 1 unspecified atom stereocenters. The van der Waals surface area contributed by atoms with Gasteiger partial charge in [-0.3, -0.25) is 0 Å². The van der Waals surface area contributed by atoms with Gasteiger partial charge in [0.15, 0.2) is 0 Å². The summed E-state index contributed by atoms with van der Waals surface area (Å²) >= 11 is 0. The van der Waals surface area contributed by atoms with Gasteiger partial charge in [0.2, 0.25) is 5.95 Å². The fourth-order valence-corrected chi connectivity index (χ4v) is 1.82. The highest BCUT2D eigenvalue weighted by atomic mass is 15.1. The Morgan fingerprint density at radius 3 is 2.50 bits per heavy atom. The quantitative estimate of drug-likeness (QED) is 0.783. The summed E-state index contributed by atoms with van der Waals surface area (Å²) in [4.78, 5) is 8.41. The molecule has 0 spiro atoms. The molecule has 1 aromatic heterocycles. The minimum Gasteiger partial charge on any atom is -0.347 e. The van der Waals surface area contributed by atoms with Crippen molar-refractivity contribution in [3.05, 3.63) is 67.0 Å². The molecule has 92 valence electrons. The van der Waals surface area contributed by atoms with Gasteiger partial charge in [-0.15, -0.1) is 6.58 Å². The normalized spacial score (nSPS) is 11.8. The van der Waals surface area contributed by atoms with Crippen LogP contribution in [-0.4, -0.2) is 9.97 Å². The molecule has 1 aromatic carbocycles. The molecule has 0 aliphatic heterocycles. The Balaban J connectivity index is 2.13. The van der Waals surface area contributed by atoms with Gasteiger partial charge < -0.3 is 5.32 Å². The molecule has 1 heterocycles. The van der Waals surface area contributed by atoms with E-state index in [4.69, 9.17) is 0 Å². The number of rotatable bonds is 6. The van der Waals surface area contributed by atoms with Crippen LogP contribution in [0.4, 0.5) is 5.95 Å². The smallest absolute Gasteiger partial charge is 0.223 e. The van der Waals surface area contributed by atoms with Crippen molar-refractivity contribution in [2.24, 2.45) is 0 Å². The third-order valence-corrected chi connectivity index (χ3v) is 2.73. The number of allylic oxidation sites excluding steroid dienone is 1. The first-order valence-corrected chi connectivity index (χ1v) is 6.09. The van der Waals surface area contributed by atoms with Crippen LogP contribution in [0.15, 0.2) is 61.4 Å². The van der Waals surface area contributed by atoms with E-state index in [1.165, 1.54) is 5.56 Å². The van der Waals surface area contributed by atoms with Crippen LogP contribution < -0.4 is 5.32 Å². The fraction of sp³-hybridized carbons (Fsp3) is 0.200. The summed E-state index contributed by atoms with van der Waals surface area (Å²) in [6.45, 7) is 3.77. The number of hydrogen-bond donors (Lipinski definition) is 1. The average Bonchev–Trinajstić information content (AvgIpc) is 2.45. The lowest BCUT2D eigenvalue weighted by molar-refractivity contribution is 0.697. The zero-order chi connectivity index (χ0) is 12.6. The SMILES string of the molecule is C=CCCC(Nc1ncccn1)c1ccccc1. The number of hydrogen-bond acceptors (Lipinski definition) is 3. The summed E-state index contributed by atoms with van der Waals surface area (Å²) in [5.74, 6) is 0.662. The highest BCUT2D eigenvalue weighted by molar-refractivity contribution is 5.31. The van der Waals surface area contributed by atoms with Gasteiger partial charge in [-0.1, -0.05) is 36.4 Å². The standard InChI is InChI=1S/C15H17N3/c1-2-3-10-14(13-8-5-4-6-9-13)18-15-16-11-7-12-17-15/h2,4-9,11-12,14H,1,3,10H2,(H,16,17,18).